The standard InChI is InChI=1S/C23H19BrFN3O4/c1-31-21-12-15(13-26-28-23(30)16-7-9-17(24)10-8-16)6-11-20(21)32-14-22(29)27-19-5-3-2-4-18(19)25/h2-13H,14H2,1H3,(H,27,29)(H,28,30)/b26-13+. The highest BCUT2D eigenvalue weighted by Crippen LogP contribution is 2.27. The van der Waals surface area contributed by atoms with Crippen LogP contribution in [0.5, 0.6) is 11.5 Å². The molecule has 32 heavy (non-hydrogen) atoms. The van der Waals surface area contributed by atoms with Gasteiger partial charge in [-0.25, -0.2) is 9.82 Å². The number of amides is 2. The van der Waals surface area contributed by atoms with E-state index in [1.54, 1.807) is 48.5 Å². The fraction of sp³-hybridized carbons (Fsp3) is 0.0870. The van der Waals surface area contributed by atoms with Gasteiger partial charge in [0.15, 0.2) is 18.1 Å². The van der Waals surface area contributed by atoms with E-state index in [9.17, 15) is 14.0 Å². The number of anilines is 1. The lowest BCUT2D eigenvalue weighted by molar-refractivity contribution is -0.118. The van der Waals surface area contributed by atoms with Gasteiger partial charge in [0.2, 0.25) is 0 Å². The van der Waals surface area contributed by atoms with Crippen molar-refractivity contribution in [3.05, 3.63) is 88.1 Å². The molecule has 2 N–H and O–H groups in total. The number of halogens is 2. The van der Waals surface area contributed by atoms with Gasteiger partial charge in [0.1, 0.15) is 5.82 Å². The van der Waals surface area contributed by atoms with Gasteiger partial charge >= 0.3 is 0 Å². The van der Waals surface area contributed by atoms with Crippen molar-refractivity contribution < 1.29 is 23.5 Å². The van der Waals surface area contributed by atoms with Gasteiger partial charge in [0.25, 0.3) is 11.8 Å². The second-order valence-corrected chi connectivity index (χ2v) is 7.35. The predicted molar refractivity (Wildman–Crippen MR) is 123 cm³/mol. The molecular formula is C23H19BrFN3O4. The smallest absolute Gasteiger partial charge is 0.271 e. The number of ether oxygens (including phenoxy) is 2. The van der Waals surface area contributed by atoms with Gasteiger partial charge in [0.05, 0.1) is 19.0 Å². The second kappa shape index (κ2) is 11.1. The number of hydrogen-bond acceptors (Lipinski definition) is 5. The number of nitrogens with zero attached hydrogens (tertiary/aromatic N) is 1. The van der Waals surface area contributed by atoms with E-state index in [2.05, 4.69) is 31.8 Å². The molecule has 0 aliphatic rings. The van der Waals surface area contributed by atoms with Crippen LogP contribution in [0.4, 0.5) is 10.1 Å². The van der Waals surface area contributed by atoms with E-state index in [-0.39, 0.29) is 18.2 Å². The van der Waals surface area contributed by atoms with Gasteiger partial charge in [-0.2, -0.15) is 5.10 Å². The summed E-state index contributed by atoms with van der Waals surface area (Å²) in [5.74, 6) is -0.701. The molecule has 0 heterocycles. The van der Waals surface area contributed by atoms with Gasteiger partial charge < -0.3 is 14.8 Å². The van der Waals surface area contributed by atoms with Crippen molar-refractivity contribution in [1.82, 2.24) is 5.43 Å². The van der Waals surface area contributed by atoms with Crippen LogP contribution in [0.2, 0.25) is 0 Å². The Balaban J connectivity index is 1.57. The van der Waals surface area contributed by atoms with E-state index >= 15 is 0 Å². The number of hydrogen-bond donors (Lipinski definition) is 2. The average Bonchev–Trinajstić information content (AvgIpc) is 2.80. The highest BCUT2D eigenvalue weighted by Gasteiger charge is 2.10. The number of carbonyl (C=O) groups is 2. The average molecular weight is 500 g/mol. The summed E-state index contributed by atoms with van der Waals surface area (Å²) in [6.07, 6.45) is 1.45. The second-order valence-electron chi connectivity index (χ2n) is 6.43. The topological polar surface area (TPSA) is 89.0 Å². The molecule has 3 aromatic carbocycles. The van der Waals surface area contributed by atoms with Gasteiger partial charge in [-0.15, -0.1) is 0 Å². The van der Waals surface area contributed by atoms with Crippen molar-refractivity contribution in [3.8, 4) is 11.5 Å². The molecule has 0 saturated heterocycles. The molecule has 0 aliphatic carbocycles. The fourth-order valence-electron chi connectivity index (χ4n) is 2.61. The van der Waals surface area contributed by atoms with E-state index in [0.717, 1.165) is 4.47 Å². The highest BCUT2D eigenvalue weighted by molar-refractivity contribution is 9.10. The summed E-state index contributed by atoms with van der Waals surface area (Å²) in [4.78, 5) is 24.1. The number of nitrogens with one attached hydrogen (secondary N) is 2. The first-order valence-electron chi connectivity index (χ1n) is 9.40. The molecule has 9 heteroatoms. The lowest BCUT2D eigenvalue weighted by Crippen LogP contribution is -2.21. The molecule has 3 rings (SSSR count). The quantitative estimate of drug-likeness (QED) is 0.355. The lowest BCUT2D eigenvalue weighted by Gasteiger charge is -2.11. The van der Waals surface area contributed by atoms with Crippen LogP contribution in [-0.4, -0.2) is 31.7 Å². The van der Waals surface area contributed by atoms with Crippen molar-refractivity contribution in [2.45, 2.75) is 0 Å². The maximum atomic E-state index is 13.6. The van der Waals surface area contributed by atoms with Gasteiger partial charge in [-0.3, -0.25) is 9.59 Å². The van der Waals surface area contributed by atoms with Crippen LogP contribution in [0.1, 0.15) is 15.9 Å². The van der Waals surface area contributed by atoms with Crippen molar-refractivity contribution in [1.29, 1.82) is 0 Å². The summed E-state index contributed by atoms with van der Waals surface area (Å²) in [6.45, 7) is -0.332. The Morgan fingerprint density at radius 1 is 1.06 bits per heavy atom. The largest absolute Gasteiger partial charge is 0.493 e. The molecule has 3 aromatic rings. The zero-order chi connectivity index (χ0) is 22.9. The molecular weight excluding hydrogens is 481 g/mol. The summed E-state index contributed by atoms with van der Waals surface area (Å²) in [5, 5.41) is 6.38. The van der Waals surface area contributed by atoms with Gasteiger partial charge in [-0.1, -0.05) is 28.1 Å². The molecule has 0 atom stereocenters. The Kier molecular flexibility index (Phi) is 7.93. The van der Waals surface area contributed by atoms with Crippen molar-refractivity contribution >= 4 is 39.6 Å². The minimum Gasteiger partial charge on any atom is -0.493 e. The highest BCUT2D eigenvalue weighted by atomic mass is 79.9. The van der Waals surface area contributed by atoms with E-state index in [1.807, 2.05) is 0 Å². The Hall–Kier alpha value is -3.72. The SMILES string of the molecule is COc1cc(/C=N/NC(=O)c2ccc(Br)cc2)ccc1OCC(=O)Nc1ccccc1F. The molecule has 7 nitrogen and oxygen atoms in total. The van der Waals surface area contributed by atoms with Crippen LogP contribution in [0.15, 0.2) is 76.3 Å². The van der Waals surface area contributed by atoms with Crippen molar-refractivity contribution in [3.63, 3.8) is 0 Å². The number of carbonyl (C=O) groups excluding carboxylic acids is 2. The number of rotatable bonds is 8. The van der Waals surface area contributed by atoms with E-state index in [0.29, 0.717) is 22.6 Å². The zero-order valence-electron chi connectivity index (χ0n) is 17.0. The zero-order valence-corrected chi connectivity index (χ0v) is 18.6. The molecule has 0 saturated carbocycles. The third-order valence-corrected chi connectivity index (χ3v) is 4.71. The normalized spacial score (nSPS) is 10.6. The number of hydrazone groups is 1. The van der Waals surface area contributed by atoms with Crippen LogP contribution < -0.4 is 20.2 Å². The van der Waals surface area contributed by atoms with Crippen LogP contribution in [0.25, 0.3) is 0 Å². The monoisotopic (exact) mass is 499 g/mol. The molecule has 0 unspecified atom stereocenters. The van der Waals surface area contributed by atoms with Crippen LogP contribution in [0.3, 0.4) is 0 Å². The molecule has 0 aromatic heterocycles. The van der Waals surface area contributed by atoms with E-state index in [4.69, 9.17) is 9.47 Å². The van der Waals surface area contributed by atoms with Crippen LogP contribution in [0, 0.1) is 5.82 Å². The molecule has 0 spiro atoms. The third kappa shape index (κ3) is 6.39. The Morgan fingerprint density at radius 3 is 2.53 bits per heavy atom. The first-order chi connectivity index (χ1) is 15.5. The fourth-order valence-corrected chi connectivity index (χ4v) is 2.87. The summed E-state index contributed by atoms with van der Waals surface area (Å²) in [5.41, 5.74) is 3.63. The molecule has 164 valence electrons. The summed E-state index contributed by atoms with van der Waals surface area (Å²) in [6, 6.07) is 17.6. The van der Waals surface area contributed by atoms with Crippen molar-refractivity contribution in [2.75, 3.05) is 19.0 Å². The first-order valence-corrected chi connectivity index (χ1v) is 10.2. The Bertz CT molecular complexity index is 1140. The number of benzene rings is 3. The lowest BCUT2D eigenvalue weighted by atomic mass is 10.2. The maximum absolute atomic E-state index is 13.6. The predicted octanol–water partition coefficient (Wildman–Crippen LogP) is 4.38. The van der Waals surface area contributed by atoms with E-state index < -0.39 is 11.7 Å². The summed E-state index contributed by atoms with van der Waals surface area (Å²) >= 11 is 3.31. The molecule has 0 fully saturated rings. The van der Waals surface area contributed by atoms with Crippen LogP contribution in [-0.2, 0) is 4.79 Å². The molecule has 0 aliphatic heterocycles. The number of para-hydroxylation sites is 1. The molecule has 0 radical (unpaired) electrons. The molecule has 2 amide bonds. The van der Waals surface area contributed by atoms with Crippen molar-refractivity contribution in [2.24, 2.45) is 5.10 Å². The van der Waals surface area contributed by atoms with E-state index in [1.165, 1.54) is 31.5 Å². The summed E-state index contributed by atoms with van der Waals surface area (Å²) in [7, 11) is 1.46. The van der Waals surface area contributed by atoms with Gasteiger partial charge in [0, 0.05) is 10.0 Å². The first kappa shape index (κ1) is 23.0. The Morgan fingerprint density at radius 2 is 1.81 bits per heavy atom. The number of methoxy groups -OCH3 is 1. The Labute approximate surface area is 192 Å². The molecule has 0 bridgehead atoms. The van der Waals surface area contributed by atoms with Gasteiger partial charge in [-0.05, 0) is 60.2 Å². The minimum absolute atomic E-state index is 0.0739. The third-order valence-electron chi connectivity index (χ3n) is 4.18. The maximum Gasteiger partial charge on any atom is 0.271 e. The van der Waals surface area contributed by atoms with Crippen LogP contribution >= 0.6 is 15.9 Å². The summed E-state index contributed by atoms with van der Waals surface area (Å²) < 4.78 is 25.3. The minimum atomic E-state index is -0.533.